The molecule has 0 aromatic heterocycles. The topological polar surface area (TPSA) is 84.9 Å². The minimum atomic E-state index is -3.61. The van der Waals surface area contributed by atoms with Gasteiger partial charge in [0.1, 0.15) is 5.75 Å². The molecule has 0 bridgehead atoms. The molecule has 1 amide bonds. The molecule has 1 atom stereocenters. The lowest BCUT2D eigenvalue weighted by Gasteiger charge is -2.31. The number of piperidine rings is 1. The van der Waals surface area contributed by atoms with Gasteiger partial charge in [-0.15, -0.1) is 0 Å². The number of sulfonamides is 1. The third kappa shape index (κ3) is 5.17. The molecule has 0 spiro atoms. The van der Waals surface area contributed by atoms with E-state index in [1.807, 2.05) is 6.92 Å². The second kappa shape index (κ2) is 9.17. The fourth-order valence-corrected chi connectivity index (χ4v) is 4.34. The maximum atomic E-state index is 12.8. The van der Waals surface area contributed by atoms with Crippen LogP contribution in [0.4, 0.5) is 0 Å². The number of nitrogens with zero attached hydrogens (tertiary/aromatic N) is 1. The minimum Gasteiger partial charge on any atom is -0.494 e. The van der Waals surface area contributed by atoms with Crippen LogP contribution in [0.1, 0.15) is 19.8 Å². The Balaban J connectivity index is 2.04. The van der Waals surface area contributed by atoms with E-state index in [9.17, 15) is 13.2 Å². The van der Waals surface area contributed by atoms with Gasteiger partial charge in [0.25, 0.3) is 0 Å². The standard InChI is InChI=1S/C17H26N2O5S/c1-3-24-15-6-8-16(9-7-15)25(21,22)19-11-4-5-14(13-19)17(20)18-10-12-23-2/h6-9,14H,3-5,10-13H2,1-2H3,(H,18,20)/t14-/m0/s1. The number of hydrogen-bond donors (Lipinski definition) is 1. The Bertz CT molecular complexity index is 660. The van der Waals surface area contributed by atoms with Crippen LogP contribution in [-0.4, -0.2) is 58.6 Å². The van der Waals surface area contributed by atoms with E-state index in [4.69, 9.17) is 9.47 Å². The van der Waals surface area contributed by atoms with Crippen molar-refractivity contribution in [1.82, 2.24) is 9.62 Å². The first-order valence-electron chi connectivity index (χ1n) is 8.48. The normalized spacial score (nSPS) is 18.7. The Hall–Kier alpha value is -1.64. The molecule has 1 N–H and O–H groups in total. The molecule has 1 aliphatic rings. The fourth-order valence-electron chi connectivity index (χ4n) is 2.82. The van der Waals surface area contributed by atoms with Gasteiger partial charge in [-0.3, -0.25) is 4.79 Å². The van der Waals surface area contributed by atoms with Crippen molar-refractivity contribution in [1.29, 1.82) is 0 Å². The van der Waals surface area contributed by atoms with Crippen molar-refractivity contribution >= 4 is 15.9 Å². The molecule has 7 nitrogen and oxygen atoms in total. The highest BCUT2D eigenvalue weighted by Gasteiger charge is 2.33. The molecule has 0 aliphatic carbocycles. The highest BCUT2D eigenvalue weighted by molar-refractivity contribution is 7.89. The molecule has 0 radical (unpaired) electrons. The van der Waals surface area contributed by atoms with Crippen molar-refractivity contribution in [3.63, 3.8) is 0 Å². The molecule has 1 aromatic carbocycles. The number of ether oxygens (including phenoxy) is 2. The molecule has 1 aliphatic heterocycles. The summed E-state index contributed by atoms with van der Waals surface area (Å²) in [5.74, 6) is 0.183. The van der Waals surface area contributed by atoms with Gasteiger partial charge in [0.2, 0.25) is 15.9 Å². The summed E-state index contributed by atoms with van der Waals surface area (Å²) in [6.07, 6.45) is 1.35. The van der Waals surface area contributed by atoms with Gasteiger partial charge in [-0.25, -0.2) is 8.42 Å². The molecule has 25 heavy (non-hydrogen) atoms. The third-order valence-electron chi connectivity index (χ3n) is 4.13. The maximum absolute atomic E-state index is 12.8. The molecule has 1 saturated heterocycles. The molecule has 2 rings (SSSR count). The van der Waals surface area contributed by atoms with Gasteiger partial charge < -0.3 is 14.8 Å². The average molecular weight is 370 g/mol. The van der Waals surface area contributed by atoms with Crippen molar-refractivity contribution < 1.29 is 22.7 Å². The van der Waals surface area contributed by atoms with Crippen LogP contribution in [0.3, 0.4) is 0 Å². The largest absolute Gasteiger partial charge is 0.494 e. The van der Waals surface area contributed by atoms with Gasteiger partial charge in [-0.05, 0) is 44.0 Å². The number of hydrogen-bond acceptors (Lipinski definition) is 5. The Morgan fingerprint density at radius 1 is 1.32 bits per heavy atom. The Labute approximate surface area is 149 Å². The summed E-state index contributed by atoms with van der Waals surface area (Å²) in [6.45, 7) is 3.89. The van der Waals surface area contributed by atoms with Crippen LogP contribution in [0.2, 0.25) is 0 Å². The molecule has 0 unspecified atom stereocenters. The third-order valence-corrected chi connectivity index (χ3v) is 6.01. The SMILES string of the molecule is CCOc1ccc(S(=O)(=O)N2CCC[C@H](C(=O)NCCOC)C2)cc1. The van der Waals surface area contributed by atoms with Crippen molar-refractivity contribution in [2.45, 2.75) is 24.7 Å². The number of carbonyl (C=O) groups excluding carboxylic acids is 1. The molecular formula is C17H26N2O5S. The maximum Gasteiger partial charge on any atom is 0.243 e. The van der Waals surface area contributed by atoms with E-state index in [1.54, 1.807) is 31.4 Å². The molecule has 1 aromatic rings. The molecule has 8 heteroatoms. The van der Waals surface area contributed by atoms with Gasteiger partial charge >= 0.3 is 0 Å². The highest BCUT2D eigenvalue weighted by Crippen LogP contribution is 2.25. The van der Waals surface area contributed by atoms with E-state index in [2.05, 4.69) is 5.32 Å². The highest BCUT2D eigenvalue weighted by atomic mass is 32.2. The summed E-state index contributed by atoms with van der Waals surface area (Å²) >= 11 is 0. The zero-order chi connectivity index (χ0) is 18.3. The minimum absolute atomic E-state index is 0.122. The molecular weight excluding hydrogens is 344 g/mol. The lowest BCUT2D eigenvalue weighted by atomic mass is 9.99. The Morgan fingerprint density at radius 3 is 2.68 bits per heavy atom. The van der Waals surface area contributed by atoms with E-state index < -0.39 is 10.0 Å². The van der Waals surface area contributed by atoms with Gasteiger partial charge in [-0.2, -0.15) is 4.31 Å². The number of benzene rings is 1. The second-order valence-electron chi connectivity index (χ2n) is 5.89. The first-order chi connectivity index (χ1) is 12.0. The zero-order valence-electron chi connectivity index (χ0n) is 14.7. The summed E-state index contributed by atoms with van der Waals surface area (Å²) in [5, 5.41) is 2.78. The lowest BCUT2D eigenvalue weighted by molar-refractivity contribution is -0.126. The summed E-state index contributed by atoms with van der Waals surface area (Å²) in [7, 11) is -2.04. The van der Waals surface area contributed by atoms with Gasteiger partial charge in [0.15, 0.2) is 0 Å². The van der Waals surface area contributed by atoms with Crippen LogP contribution in [0.15, 0.2) is 29.2 Å². The lowest BCUT2D eigenvalue weighted by Crippen LogP contribution is -2.45. The molecule has 1 heterocycles. The van der Waals surface area contributed by atoms with Crippen molar-refractivity contribution in [3.05, 3.63) is 24.3 Å². The van der Waals surface area contributed by atoms with Crippen LogP contribution in [0, 0.1) is 5.92 Å². The van der Waals surface area contributed by atoms with Crippen molar-refractivity contribution in [2.24, 2.45) is 5.92 Å². The van der Waals surface area contributed by atoms with Crippen molar-refractivity contribution in [2.75, 3.05) is 40.0 Å². The van der Waals surface area contributed by atoms with Crippen LogP contribution in [-0.2, 0) is 19.6 Å². The van der Waals surface area contributed by atoms with E-state index in [-0.39, 0.29) is 23.3 Å². The summed E-state index contributed by atoms with van der Waals surface area (Å²) in [5.41, 5.74) is 0. The predicted molar refractivity (Wildman–Crippen MR) is 94.0 cm³/mol. The van der Waals surface area contributed by atoms with Gasteiger partial charge in [0, 0.05) is 26.7 Å². The quantitative estimate of drug-likeness (QED) is 0.696. The summed E-state index contributed by atoms with van der Waals surface area (Å²) in [4.78, 5) is 12.4. The number of amides is 1. The number of methoxy groups -OCH3 is 1. The Kier molecular flexibility index (Phi) is 7.22. The van der Waals surface area contributed by atoms with Gasteiger partial charge in [0.05, 0.1) is 24.0 Å². The van der Waals surface area contributed by atoms with Crippen LogP contribution in [0.5, 0.6) is 5.75 Å². The monoisotopic (exact) mass is 370 g/mol. The summed E-state index contributed by atoms with van der Waals surface area (Å²) < 4.78 is 37.3. The first-order valence-corrected chi connectivity index (χ1v) is 9.92. The smallest absolute Gasteiger partial charge is 0.243 e. The Morgan fingerprint density at radius 2 is 2.04 bits per heavy atom. The van der Waals surface area contributed by atoms with Crippen LogP contribution < -0.4 is 10.1 Å². The van der Waals surface area contributed by atoms with E-state index in [0.29, 0.717) is 44.9 Å². The second-order valence-corrected chi connectivity index (χ2v) is 7.83. The number of rotatable bonds is 8. The van der Waals surface area contributed by atoms with Crippen LogP contribution >= 0.6 is 0 Å². The number of nitrogens with one attached hydrogen (secondary N) is 1. The zero-order valence-corrected chi connectivity index (χ0v) is 15.5. The molecule has 140 valence electrons. The van der Waals surface area contributed by atoms with E-state index >= 15 is 0 Å². The predicted octanol–water partition coefficient (Wildman–Crippen LogP) is 1.25. The molecule has 1 fully saturated rings. The average Bonchev–Trinajstić information content (AvgIpc) is 2.63. The van der Waals surface area contributed by atoms with E-state index in [1.165, 1.54) is 4.31 Å². The van der Waals surface area contributed by atoms with Crippen LogP contribution in [0.25, 0.3) is 0 Å². The van der Waals surface area contributed by atoms with E-state index in [0.717, 1.165) is 0 Å². The first kappa shape index (κ1) is 19.7. The molecule has 0 saturated carbocycles. The van der Waals surface area contributed by atoms with Crippen molar-refractivity contribution in [3.8, 4) is 5.75 Å². The fraction of sp³-hybridized carbons (Fsp3) is 0.588. The number of carbonyl (C=O) groups is 1. The summed E-state index contributed by atoms with van der Waals surface area (Å²) in [6, 6.07) is 6.38. The van der Waals surface area contributed by atoms with Gasteiger partial charge in [-0.1, -0.05) is 0 Å².